The van der Waals surface area contributed by atoms with Gasteiger partial charge in [0.15, 0.2) is 0 Å². The van der Waals surface area contributed by atoms with E-state index in [1.54, 1.807) is 4.90 Å². The van der Waals surface area contributed by atoms with Crippen LogP contribution in [0.2, 0.25) is 0 Å². The summed E-state index contributed by atoms with van der Waals surface area (Å²) in [6.45, 7) is 2.37. The van der Waals surface area contributed by atoms with E-state index in [0.717, 1.165) is 10.6 Å². The fraction of sp³-hybridized carbons (Fsp3) is 0.700. The zero-order valence-corrected chi connectivity index (χ0v) is 20.9. The topological polar surface area (TPSA) is 207 Å². The van der Waals surface area contributed by atoms with Gasteiger partial charge in [0, 0.05) is 45.7 Å². The van der Waals surface area contributed by atoms with Gasteiger partial charge in [0.2, 0.25) is 0 Å². The molecule has 1 aromatic rings. The van der Waals surface area contributed by atoms with Gasteiger partial charge in [-0.3, -0.25) is 33.4 Å². The number of carbonyl (C=O) groups excluding carboxylic acids is 2. The first-order valence-corrected chi connectivity index (χ1v) is 12.9. The molecule has 0 aromatic carbocycles. The van der Waals surface area contributed by atoms with Crippen LogP contribution in [0.3, 0.4) is 0 Å². The molecule has 36 heavy (non-hydrogen) atoms. The lowest BCUT2D eigenvalue weighted by Crippen LogP contribution is -2.38. The van der Waals surface area contributed by atoms with E-state index >= 15 is 0 Å². The Morgan fingerprint density at radius 3 is 2.22 bits per heavy atom. The van der Waals surface area contributed by atoms with Crippen molar-refractivity contribution in [3.8, 4) is 0 Å². The number of nitrogens with one attached hydrogen (secondary N) is 1. The predicted molar refractivity (Wildman–Crippen MR) is 122 cm³/mol. The Morgan fingerprint density at radius 1 is 1.08 bits per heavy atom. The number of ether oxygens (including phenoxy) is 3. The number of rotatable bonds is 14. The number of H-pyrrole nitrogens is 1. The molecule has 5 atom stereocenters. The molecule has 204 valence electrons. The van der Waals surface area contributed by atoms with Crippen LogP contribution in [0.4, 0.5) is 0 Å². The lowest BCUT2D eigenvalue weighted by atomic mass is 10.1. The number of carbonyl (C=O) groups is 2. The van der Waals surface area contributed by atoms with Crippen molar-refractivity contribution in [2.45, 2.75) is 44.8 Å². The van der Waals surface area contributed by atoms with Crippen molar-refractivity contribution < 1.29 is 48.0 Å². The van der Waals surface area contributed by atoms with Crippen LogP contribution in [0, 0.1) is 0 Å². The number of hydrogen-bond acceptors (Lipinski definition) is 12. The predicted octanol–water partition coefficient (Wildman–Crippen LogP) is -2.34. The van der Waals surface area contributed by atoms with Crippen LogP contribution in [-0.4, -0.2) is 112 Å². The summed E-state index contributed by atoms with van der Waals surface area (Å²) in [6, 6.07) is 1.11. The molecule has 15 nitrogen and oxygen atoms in total. The number of esters is 2. The van der Waals surface area contributed by atoms with Crippen molar-refractivity contribution in [1.29, 1.82) is 0 Å². The van der Waals surface area contributed by atoms with Gasteiger partial charge < -0.3 is 33.8 Å². The molecule has 2 rings (SSSR count). The lowest BCUT2D eigenvalue weighted by molar-refractivity contribution is -0.141. The summed E-state index contributed by atoms with van der Waals surface area (Å²) in [5.74, 6) is -0.959. The second kappa shape index (κ2) is 13.8. The minimum Gasteiger partial charge on any atom is -0.465 e. The average Bonchev–Trinajstić information content (AvgIpc) is 3.05. The average molecular weight is 537 g/mol. The Hall–Kier alpha value is -2.39. The van der Waals surface area contributed by atoms with Gasteiger partial charge in [-0.1, -0.05) is 0 Å². The van der Waals surface area contributed by atoms with E-state index in [9.17, 15) is 38.8 Å². The molecular formula is C20H32N3O12P. The minimum absolute atomic E-state index is 0.0335. The highest BCUT2D eigenvalue weighted by Gasteiger charge is 2.43. The lowest BCUT2D eigenvalue weighted by Gasteiger charge is -2.23. The van der Waals surface area contributed by atoms with E-state index in [2.05, 4.69) is 4.98 Å². The SMILES string of the molecule is CC(=O)OCCN(CCOC(C)=O)CCP(=O)(O)OC[C@H]1O[C@@H](Cn2ccc(=O)[nH]c2=O)[C@H](O)[C@@H]1O. The molecule has 1 aliphatic heterocycles. The molecular weight excluding hydrogens is 505 g/mol. The highest BCUT2D eigenvalue weighted by atomic mass is 31.2. The van der Waals surface area contributed by atoms with Gasteiger partial charge in [0.05, 0.1) is 19.3 Å². The normalized spacial score (nSPS) is 23.4. The van der Waals surface area contributed by atoms with Crippen LogP contribution in [0.1, 0.15) is 13.8 Å². The Morgan fingerprint density at radius 2 is 1.67 bits per heavy atom. The van der Waals surface area contributed by atoms with Crippen LogP contribution in [0.5, 0.6) is 0 Å². The van der Waals surface area contributed by atoms with Crippen LogP contribution >= 0.6 is 7.60 Å². The molecule has 0 radical (unpaired) electrons. The maximum atomic E-state index is 12.5. The first-order valence-electron chi connectivity index (χ1n) is 11.1. The maximum absolute atomic E-state index is 12.5. The van der Waals surface area contributed by atoms with Crippen molar-refractivity contribution in [3.05, 3.63) is 33.1 Å². The summed E-state index contributed by atoms with van der Waals surface area (Å²) in [7, 11) is -4.17. The fourth-order valence-electron chi connectivity index (χ4n) is 3.39. The molecule has 2 heterocycles. The summed E-state index contributed by atoms with van der Waals surface area (Å²) >= 11 is 0. The standard InChI is InChI=1S/C20H32N3O12P/c1-13(24)32-8-5-22(6-9-33-14(2)25)7-10-36(30,31)34-12-16-19(28)18(27)15(35-16)11-23-4-3-17(26)21-20(23)29/h3-4,15-16,18-19,27-28H,5-12H2,1-2H3,(H,30,31)(H,21,26,29)/t15-,16+,18-,19+/m0/s1. The Balaban J connectivity index is 1.88. The van der Waals surface area contributed by atoms with Gasteiger partial charge in [-0.05, 0) is 0 Å². The Labute approximate surface area is 206 Å². The van der Waals surface area contributed by atoms with Crippen molar-refractivity contribution in [3.63, 3.8) is 0 Å². The van der Waals surface area contributed by atoms with Crippen molar-refractivity contribution in [2.75, 3.05) is 45.6 Å². The van der Waals surface area contributed by atoms with Gasteiger partial charge in [-0.25, -0.2) is 4.79 Å². The quantitative estimate of drug-likeness (QED) is 0.145. The van der Waals surface area contributed by atoms with Crippen LogP contribution in [-0.2, 0) is 39.4 Å². The molecule has 1 aliphatic rings. The number of nitrogens with zero attached hydrogens (tertiary/aromatic N) is 2. The monoisotopic (exact) mass is 537 g/mol. The molecule has 1 aromatic heterocycles. The van der Waals surface area contributed by atoms with Gasteiger partial charge >= 0.3 is 25.2 Å². The molecule has 0 saturated carbocycles. The molecule has 0 aliphatic carbocycles. The summed E-state index contributed by atoms with van der Waals surface area (Å²) in [4.78, 5) is 58.9. The van der Waals surface area contributed by atoms with Crippen molar-refractivity contribution in [2.24, 2.45) is 0 Å². The van der Waals surface area contributed by atoms with Crippen LogP contribution < -0.4 is 11.2 Å². The number of hydrogen-bond donors (Lipinski definition) is 4. The van der Waals surface area contributed by atoms with Gasteiger partial charge in [-0.15, -0.1) is 0 Å². The molecule has 4 N–H and O–H groups in total. The van der Waals surface area contributed by atoms with Gasteiger partial charge in [0.1, 0.15) is 37.6 Å². The number of aliphatic hydroxyl groups excluding tert-OH is 2. The zero-order chi connectivity index (χ0) is 26.9. The van der Waals surface area contributed by atoms with E-state index in [1.807, 2.05) is 0 Å². The van der Waals surface area contributed by atoms with Crippen LogP contribution in [0.15, 0.2) is 21.9 Å². The first kappa shape index (κ1) is 29.8. The smallest absolute Gasteiger partial charge is 0.329 e. The first-order chi connectivity index (χ1) is 16.9. The molecule has 16 heteroatoms. The minimum atomic E-state index is -4.17. The summed E-state index contributed by atoms with van der Waals surface area (Å²) < 4.78 is 34.0. The van der Waals surface area contributed by atoms with E-state index in [4.69, 9.17) is 18.7 Å². The largest absolute Gasteiger partial charge is 0.465 e. The van der Waals surface area contributed by atoms with Crippen molar-refractivity contribution >= 4 is 19.5 Å². The highest BCUT2D eigenvalue weighted by molar-refractivity contribution is 7.52. The molecule has 1 unspecified atom stereocenters. The number of aromatic amines is 1. The third-order valence-corrected chi connectivity index (χ3v) is 6.62. The molecule has 0 amide bonds. The molecule has 1 fully saturated rings. The van der Waals surface area contributed by atoms with Gasteiger partial charge in [0.25, 0.3) is 5.56 Å². The number of aromatic nitrogens is 2. The number of aliphatic hydroxyl groups is 2. The second-order valence-electron chi connectivity index (χ2n) is 8.14. The molecule has 0 spiro atoms. The fourth-order valence-corrected chi connectivity index (χ4v) is 4.44. The second-order valence-corrected chi connectivity index (χ2v) is 10.1. The maximum Gasteiger partial charge on any atom is 0.329 e. The summed E-state index contributed by atoms with van der Waals surface area (Å²) in [5.41, 5.74) is -1.32. The van der Waals surface area contributed by atoms with E-state index in [-0.39, 0.29) is 45.6 Å². The molecule has 0 bridgehead atoms. The van der Waals surface area contributed by atoms with Gasteiger partial charge in [-0.2, -0.15) is 0 Å². The highest BCUT2D eigenvalue weighted by Crippen LogP contribution is 2.42. The van der Waals surface area contributed by atoms with E-state index in [0.29, 0.717) is 0 Å². The Bertz CT molecular complexity index is 1020. The van der Waals surface area contributed by atoms with E-state index < -0.39 is 61.8 Å². The third kappa shape index (κ3) is 9.93. The van der Waals surface area contributed by atoms with Crippen LogP contribution in [0.25, 0.3) is 0 Å². The van der Waals surface area contributed by atoms with Crippen molar-refractivity contribution in [1.82, 2.24) is 14.5 Å². The summed E-state index contributed by atoms with van der Waals surface area (Å²) in [5, 5.41) is 20.5. The summed E-state index contributed by atoms with van der Waals surface area (Å²) in [6.07, 6.45) is -4.15. The third-order valence-electron chi connectivity index (χ3n) is 5.30. The molecule has 1 saturated heterocycles. The Kier molecular flexibility index (Phi) is 11.4. The van der Waals surface area contributed by atoms with E-state index in [1.165, 1.54) is 20.0 Å². The zero-order valence-electron chi connectivity index (χ0n) is 20.0.